The van der Waals surface area contributed by atoms with E-state index in [2.05, 4.69) is 10.6 Å². The van der Waals surface area contributed by atoms with Gasteiger partial charge in [-0.1, -0.05) is 12.1 Å². The third-order valence-electron chi connectivity index (χ3n) is 2.69. The highest BCUT2D eigenvalue weighted by Gasteiger charge is 2.06. The van der Waals surface area contributed by atoms with Crippen LogP contribution in [0.4, 0.5) is 0 Å². The van der Waals surface area contributed by atoms with Gasteiger partial charge in [-0.2, -0.15) is 0 Å². The smallest absolute Gasteiger partial charge is 0.335 e. The number of aliphatic carboxylic acids is 1. The lowest BCUT2D eigenvalue weighted by Gasteiger charge is -2.14. The Morgan fingerprint density at radius 1 is 1.16 bits per heavy atom. The molecule has 6 nitrogen and oxygen atoms in total. The fraction of sp³-hybridized carbons (Fsp3) is 0.385. The number of nitrogens with one attached hydrogen (secondary N) is 2. The van der Waals surface area contributed by atoms with E-state index in [-0.39, 0.29) is 18.2 Å². The van der Waals surface area contributed by atoms with Crippen molar-refractivity contribution >= 4 is 11.9 Å². The van der Waals surface area contributed by atoms with Crippen molar-refractivity contribution in [2.75, 3.05) is 19.6 Å². The summed E-state index contributed by atoms with van der Waals surface area (Å²) in [5, 5.41) is 23.2. The third-order valence-corrected chi connectivity index (χ3v) is 2.69. The Morgan fingerprint density at radius 3 is 2.32 bits per heavy atom. The number of carboxylic acid groups (broad SMARTS) is 2. The Bertz CT molecular complexity index is 431. The van der Waals surface area contributed by atoms with E-state index in [9.17, 15) is 9.59 Å². The summed E-state index contributed by atoms with van der Waals surface area (Å²) in [6.45, 7) is 3.11. The molecule has 6 heteroatoms. The molecule has 0 saturated carbocycles. The van der Waals surface area contributed by atoms with Gasteiger partial charge in [0.25, 0.3) is 0 Å². The zero-order chi connectivity index (χ0) is 14.3. The molecular weight excluding hydrogens is 248 g/mol. The second-order valence-corrected chi connectivity index (χ2v) is 4.17. The van der Waals surface area contributed by atoms with Gasteiger partial charge in [-0.05, 0) is 24.6 Å². The van der Waals surface area contributed by atoms with Crippen LogP contribution in [0.3, 0.4) is 0 Å². The molecule has 0 spiro atoms. The highest BCUT2D eigenvalue weighted by atomic mass is 16.4. The second kappa shape index (κ2) is 7.50. The van der Waals surface area contributed by atoms with Crippen LogP contribution in [-0.2, 0) is 4.79 Å². The molecule has 4 N–H and O–H groups in total. The molecule has 0 heterocycles. The van der Waals surface area contributed by atoms with E-state index in [0.29, 0.717) is 13.1 Å². The molecule has 0 aliphatic heterocycles. The first-order chi connectivity index (χ1) is 9.00. The summed E-state index contributed by atoms with van der Waals surface area (Å²) in [6.07, 6.45) is 0. The Labute approximate surface area is 111 Å². The standard InChI is InChI=1S/C13H18N2O4/c1-9(15-7-6-14-8-12(16)17)10-2-4-11(5-3-10)13(18)19/h2-5,9,14-15H,6-8H2,1H3,(H,16,17)(H,18,19). The number of aromatic carboxylic acids is 1. The van der Waals surface area contributed by atoms with Gasteiger partial charge in [0.15, 0.2) is 0 Å². The summed E-state index contributed by atoms with van der Waals surface area (Å²) in [6, 6.07) is 6.75. The van der Waals surface area contributed by atoms with Crippen molar-refractivity contribution in [3.63, 3.8) is 0 Å². The molecule has 104 valence electrons. The highest BCUT2D eigenvalue weighted by Crippen LogP contribution is 2.12. The maximum Gasteiger partial charge on any atom is 0.335 e. The SMILES string of the molecule is CC(NCCNCC(=O)O)c1ccc(C(=O)O)cc1. The minimum atomic E-state index is -0.940. The number of benzene rings is 1. The summed E-state index contributed by atoms with van der Waals surface area (Å²) in [4.78, 5) is 21.0. The van der Waals surface area contributed by atoms with Crippen molar-refractivity contribution in [2.24, 2.45) is 0 Å². The second-order valence-electron chi connectivity index (χ2n) is 4.17. The molecule has 0 fully saturated rings. The average molecular weight is 266 g/mol. The molecule has 0 aliphatic rings. The number of hydrogen-bond donors (Lipinski definition) is 4. The molecule has 0 saturated heterocycles. The van der Waals surface area contributed by atoms with E-state index in [0.717, 1.165) is 5.56 Å². The molecular formula is C13H18N2O4. The third kappa shape index (κ3) is 5.50. The Balaban J connectivity index is 2.34. The topological polar surface area (TPSA) is 98.7 Å². The lowest BCUT2D eigenvalue weighted by atomic mass is 10.1. The first-order valence-electron chi connectivity index (χ1n) is 6.00. The molecule has 0 amide bonds. The molecule has 0 radical (unpaired) electrons. The van der Waals surface area contributed by atoms with Gasteiger partial charge in [0.2, 0.25) is 0 Å². The maximum absolute atomic E-state index is 10.7. The van der Waals surface area contributed by atoms with Gasteiger partial charge in [0.05, 0.1) is 12.1 Å². The van der Waals surface area contributed by atoms with E-state index in [1.54, 1.807) is 24.3 Å². The van der Waals surface area contributed by atoms with Crippen LogP contribution in [-0.4, -0.2) is 41.8 Å². The Kier molecular flexibility index (Phi) is 5.98. The molecule has 1 unspecified atom stereocenters. The van der Waals surface area contributed by atoms with Gasteiger partial charge >= 0.3 is 11.9 Å². The number of rotatable bonds is 8. The molecule has 1 aromatic carbocycles. The summed E-state index contributed by atoms with van der Waals surface area (Å²) in [5.74, 6) is -1.82. The zero-order valence-corrected chi connectivity index (χ0v) is 10.7. The largest absolute Gasteiger partial charge is 0.480 e. The predicted octanol–water partition coefficient (Wildman–Crippen LogP) is 0.710. The molecule has 0 aromatic heterocycles. The van der Waals surface area contributed by atoms with Crippen LogP contribution >= 0.6 is 0 Å². The van der Waals surface area contributed by atoms with Gasteiger partial charge in [-0.25, -0.2) is 4.79 Å². The van der Waals surface area contributed by atoms with Crippen molar-refractivity contribution in [3.8, 4) is 0 Å². The summed E-state index contributed by atoms with van der Waals surface area (Å²) in [7, 11) is 0. The zero-order valence-electron chi connectivity index (χ0n) is 10.7. The fourth-order valence-corrected chi connectivity index (χ4v) is 1.60. The van der Waals surface area contributed by atoms with E-state index >= 15 is 0 Å². The Morgan fingerprint density at radius 2 is 1.79 bits per heavy atom. The molecule has 1 rings (SSSR count). The monoisotopic (exact) mass is 266 g/mol. The highest BCUT2D eigenvalue weighted by molar-refractivity contribution is 5.87. The van der Waals surface area contributed by atoms with E-state index < -0.39 is 11.9 Å². The van der Waals surface area contributed by atoms with Gasteiger partial charge < -0.3 is 20.8 Å². The molecule has 0 aliphatic carbocycles. The summed E-state index contributed by atoms with van der Waals surface area (Å²) >= 11 is 0. The number of carboxylic acids is 2. The number of carbonyl (C=O) groups is 2. The first kappa shape index (κ1) is 15.1. The van der Waals surface area contributed by atoms with Crippen LogP contribution in [0.1, 0.15) is 28.9 Å². The number of hydrogen-bond acceptors (Lipinski definition) is 4. The molecule has 19 heavy (non-hydrogen) atoms. The average Bonchev–Trinajstić information content (AvgIpc) is 2.37. The van der Waals surface area contributed by atoms with E-state index in [1.165, 1.54) is 0 Å². The van der Waals surface area contributed by atoms with Crippen LogP contribution in [0, 0.1) is 0 Å². The molecule has 1 atom stereocenters. The predicted molar refractivity (Wildman–Crippen MR) is 70.3 cm³/mol. The quantitative estimate of drug-likeness (QED) is 0.517. The van der Waals surface area contributed by atoms with Crippen LogP contribution < -0.4 is 10.6 Å². The fourth-order valence-electron chi connectivity index (χ4n) is 1.60. The van der Waals surface area contributed by atoms with E-state index in [4.69, 9.17) is 10.2 Å². The van der Waals surface area contributed by atoms with Gasteiger partial charge in [0.1, 0.15) is 0 Å². The van der Waals surface area contributed by atoms with E-state index in [1.807, 2.05) is 6.92 Å². The molecule has 1 aromatic rings. The Hall–Kier alpha value is -1.92. The summed E-state index contributed by atoms with van der Waals surface area (Å²) in [5.41, 5.74) is 1.25. The van der Waals surface area contributed by atoms with Crippen LogP contribution in [0.5, 0.6) is 0 Å². The van der Waals surface area contributed by atoms with Crippen molar-refractivity contribution in [1.82, 2.24) is 10.6 Å². The van der Waals surface area contributed by atoms with Crippen molar-refractivity contribution in [1.29, 1.82) is 0 Å². The van der Waals surface area contributed by atoms with Crippen molar-refractivity contribution in [3.05, 3.63) is 35.4 Å². The minimum Gasteiger partial charge on any atom is -0.480 e. The maximum atomic E-state index is 10.7. The van der Waals surface area contributed by atoms with Crippen molar-refractivity contribution in [2.45, 2.75) is 13.0 Å². The van der Waals surface area contributed by atoms with Gasteiger partial charge in [-0.15, -0.1) is 0 Å². The lowest BCUT2D eigenvalue weighted by Crippen LogP contribution is -2.32. The van der Waals surface area contributed by atoms with Crippen LogP contribution in [0.15, 0.2) is 24.3 Å². The van der Waals surface area contributed by atoms with Crippen LogP contribution in [0.25, 0.3) is 0 Å². The van der Waals surface area contributed by atoms with Crippen LogP contribution in [0.2, 0.25) is 0 Å². The normalized spacial score (nSPS) is 12.1. The lowest BCUT2D eigenvalue weighted by molar-refractivity contribution is -0.135. The van der Waals surface area contributed by atoms with Gasteiger partial charge in [0, 0.05) is 19.1 Å². The minimum absolute atomic E-state index is 0.0522. The molecule has 0 bridgehead atoms. The summed E-state index contributed by atoms with van der Waals surface area (Å²) < 4.78 is 0. The first-order valence-corrected chi connectivity index (χ1v) is 6.00. The van der Waals surface area contributed by atoms with Gasteiger partial charge in [-0.3, -0.25) is 4.79 Å². The van der Waals surface area contributed by atoms with Crippen molar-refractivity contribution < 1.29 is 19.8 Å².